The lowest BCUT2D eigenvalue weighted by Crippen LogP contribution is -2.23. The van der Waals surface area contributed by atoms with Crippen molar-refractivity contribution in [2.24, 2.45) is 5.73 Å². The summed E-state index contributed by atoms with van der Waals surface area (Å²) < 4.78 is 8.03. The summed E-state index contributed by atoms with van der Waals surface area (Å²) in [4.78, 5) is 29.3. The van der Waals surface area contributed by atoms with Crippen LogP contribution in [0.4, 0.5) is 0 Å². The van der Waals surface area contributed by atoms with E-state index in [4.69, 9.17) is 10.5 Å². The highest BCUT2D eigenvalue weighted by Crippen LogP contribution is 2.34. The van der Waals surface area contributed by atoms with Gasteiger partial charge < -0.3 is 14.9 Å². The van der Waals surface area contributed by atoms with Crippen molar-refractivity contribution in [3.8, 4) is 16.9 Å². The van der Waals surface area contributed by atoms with E-state index in [1.165, 1.54) is 0 Å². The molecule has 0 bridgehead atoms. The Morgan fingerprint density at radius 3 is 2.42 bits per heavy atom. The molecule has 3 heterocycles. The van der Waals surface area contributed by atoms with Crippen LogP contribution in [-0.4, -0.2) is 21.1 Å². The molecule has 6 nitrogen and oxygen atoms in total. The molecule has 0 saturated carbocycles. The van der Waals surface area contributed by atoms with Crippen LogP contribution < -0.4 is 10.5 Å². The fourth-order valence-electron chi connectivity index (χ4n) is 4.58. The number of pyridine rings is 2. The minimum atomic E-state index is -0.999. The van der Waals surface area contributed by atoms with Crippen molar-refractivity contribution in [1.29, 1.82) is 0 Å². The lowest BCUT2D eigenvalue weighted by molar-refractivity contribution is -0.114. The third kappa shape index (κ3) is 4.36. The van der Waals surface area contributed by atoms with Crippen LogP contribution in [0.1, 0.15) is 32.9 Å². The first-order valence-electron chi connectivity index (χ1n) is 11.7. The van der Waals surface area contributed by atoms with E-state index in [0.717, 1.165) is 28.1 Å². The first kappa shape index (κ1) is 23.1. The van der Waals surface area contributed by atoms with E-state index in [1.807, 2.05) is 72.1 Å². The number of rotatable bonds is 8. The Balaban J connectivity index is 1.63. The van der Waals surface area contributed by atoms with Gasteiger partial charge in [0.05, 0.1) is 16.8 Å². The number of hydrogen-bond acceptors (Lipinski definition) is 4. The molecule has 2 aromatic carbocycles. The molecule has 36 heavy (non-hydrogen) atoms. The molecule has 5 rings (SSSR count). The zero-order chi connectivity index (χ0) is 25.1. The fraction of sp³-hybridized carbons (Fsp3) is 0.100. The average molecular weight is 476 g/mol. The van der Waals surface area contributed by atoms with Gasteiger partial charge in [-0.25, -0.2) is 0 Å². The number of Topliss-reactive ketones (excluding diaryl/α,β-unsaturated/α-hetero) is 1. The van der Waals surface area contributed by atoms with Crippen molar-refractivity contribution in [3.05, 3.63) is 125 Å². The van der Waals surface area contributed by atoms with E-state index < -0.39 is 11.7 Å². The Morgan fingerprint density at radius 1 is 0.917 bits per heavy atom. The number of fused-ring (bicyclic) bond motifs is 1. The summed E-state index contributed by atoms with van der Waals surface area (Å²) in [5, 5.41) is 0. The van der Waals surface area contributed by atoms with Crippen molar-refractivity contribution < 1.29 is 14.3 Å². The number of ether oxygens (including phenoxy) is 1. The Labute approximate surface area is 209 Å². The molecular formula is C30H25N3O3. The summed E-state index contributed by atoms with van der Waals surface area (Å²) in [7, 11) is 0. The van der Waals surface area contributed by atoms with Crippen molar-refractivity contribution in [1.82, 2.24) is 9.38 Å². The highest BCUT2D eigenvalue weighted by molar-refractivity contribution is 6.44. The van der Waals surface area contributed by atoms with E-state index in [-0.39, 0.29) is 12.2 Å². The largest absolute Gasteiger partial charge is 0.485 e. The van der Waals surface area contributed by atoms with Crippen LogP contribution in [0.15, 0.2) is 97.3 Å². The summed E-state index contributed by atoms with van der Waals surface area (Å²) in [5.74, 6) is -1.25. The molecular weight excluding hydrogens is 450 g/mol. The van der Waals surface area contributed by atoms with Gasteiger partial charge in [-0.15, -0.1) is 0 Å². The molecule has 0 saturated heterocycles. The number of primary amides is 1. The van der Waals surface area contributed by atoms with Gasteiger partial charge in [0.2, 0.25) is 0 Å². The maximum Gasteiger partial charge on any atom is 0.289 e. The van der Waals surface area contributed by atoms with Gasteiger partial charge in [-0.2, -0.15) is 0 Å². The van der Waals surface area contributed by atoms with Crippen LogP contribution in [0.25, 0.3) is 16.6 Å². The first-order chi connectivity index (χ1) is 17.5. The topological polar surface area (TPSA) is 86.7 Å². The van der Waals surface area contributed by atoms with Gasteiger partial charge in [-0.05, 0) is 53.4 Å². The number of ketones is 1. The molecule has 0 fully saturated rings. The summed E-state index contributed by atoms with van der Waals surface area (Å²) >= 11 is 0. The monoisotopic (exact) mass is 475 g/mol. The van der Waals surface area contributed by atoms with E-state index in [2.05, 4.69) is 29.2 Å². The average Bonchev–Trinajstić information content (AvgIpc) is 3.19. The summed E-state index contributed by atoms with van der Waals surface area (Å²) in [6.07, 6.45) is 4.13. The van der Waals surface area contributed by atoms with Gasteiger partial charge in [0.15, 0.2) is 0 Å². The number of hydrogen-bond donors (Lipinski definition) is 1. The number of nitrogens with zero attached hydrogens (tertiary/aromatic N) is 2. The predicted molar refractivity (Wildman–Crippen MR) is 139 cm³/mol. The summed E-state index contributed by atoms with van der Waals surface area (Å²) in [5.41, 5.74) is 11.9. The van der Waals surface area contributed by atoms with E-state index in [1.54, 1.807) is 12.3 Å². The molecule has 6 heteroatoms. The van der Waals surface area contributed by atoms with Gasteiger partial charge in [0.25, 0.3) is 11.7 Å². The number of nitrogens with two attached hydrogens (primary N) is 1. The third-order valence-corrected chi connectivity index (χ3v) is 6.31. The van der Waals surface area contributed by atoms with Crippen LogP contribution >= 0.6 is 0 Å². The minimum Gasteiger partial charge on any atom is -0.485 e. The van der Waals surface area contributed by atoms with Crippen LogP contribution in [0.3, 0.4) is 0 Å². The number of amides is 1. The van der Waals surface area contributed by atoms with Gasteiger partial charge in [-0.3, -0.25) is 14.6 Å². The zero-order valence-corrected chi connectivity index (χ0v) is 19.8. The fourth-order valence-corrected chi connectivity index (χ4v) is 4.58. The second-order valence-corrected chi connectivity index (χ2v) is 8.54. The highest BCUT2D eigenvalue weighted by Gasteiger charge is 2.27. The normalized spacial score (nSPS) is 10.9. The summed E-state index contributed by atoms with van der Waals surface area (Å²) in [6, 6.07) is 27.6. The minimum absolute atomic E-state index is 0.223. The molecule has 0 aliphatic rings. The molecule has 0 spiro atoms. The van der Waals surface area contributed by atoms with Crippen LogP contribution in [0, 0.1) is 6.92 Å². The standard InChI is InChI=1S/C30H25N3O3/c1-20-25(18-22-12-5-6-14-24(22)21-10-3-2-4-11-21)33-17-9-15-26(28(33)27(20)29(34)30(31)35)36-19-23-13-7-8-16-32-23/h2-17H,18-19H2,1H3,(H2,31,35). The molecule has 0 aliphatic carbocycles. The van der Waals surface area contributed by atoms with Crippen molar-refractivity contribution >= 4 is 17.2 Å². The Morgan fingerprint density at radius 2 is 1.67 bits per heavy atom. The van der Waals surface area contributed by atoms with Crippen LogP contribution in [0.5, 0.6) is 5.75 Å². The van der Waals surface area contributed by atoms with Crippen molar-refractivity contribution in [3.63, 3.8) is 0 Å². The molecule has 3 aromatic heterocycles. The Kier molecular flexibility index (Phi) is 6.33. The van der Waals surface area contributed by atoms with Gasteiger partial charge in [0.1, 0.15) is 12.4 Å². The number of aromatic nitrogens is 2. The first-order valence-corrected chi connectivity index (χ1v) is 11.7. The Bertz CT molecular complexity index is 1560. The second-order valence-electron chi connectivity index (χ2n) is 8.54. The molecule has 0 aliphatic heterocycles. The van der Waals surface area contributed by atoms with E-state index >= 15 is 0 Å². The van der Waals surface area contributed by atoms with Crippen LogP contribution in [0.2, 0.25) is 0 Å². The van der Waals surface area contributed by atoms with Gasteiger partial charge >= 0.3 is 0 Å². The molecule has 0 atom stereocenters. The molecule has 178 valence electrons. The Hall–Kier alpha value is -4.71. The van der Waals surface area contributed by atoms with E-state index in [0.29, 0.717) is 23.3 Å². The molecule has 0 unspecified atom stereocenters. The zero-order valence-electron chi connectivity index (χ0n) is 19.8. The third-order valence-electron chi connectivity index (χ3n) is 6.31. The predicted octanol–water partition coefficient (Wildman–Crippen LogP) is 5.15. The molecule has 1 amide bonds. The van der Waals surface area contributed by atoms with Crippen LogP contribution in [-0.2, 0) is 17.8 Å². The maximum absolute atomic E-state index is 13.0. The lowest BCUT2D eigenvalue weighted by Gasteiger charge is -2.12. The summed E-state index contributed by atoms with van der Waals surface area (Å²) in [6.45, 7) is 2.08. The molecule has 2 N–H and O–H groups in total. The van der Waals surface area contributed by atoms with Gasteiger partial charge in [-0.1, -0.05) is 60.7 Å². The number of carbonyl (C=O) groups is 2. The molecule has 5 aromatic rings. The van der Waals surface area contributed by atoms with Crippen molar-refractivity contribution in [2.45, 2.75) is 20.0 Å². The van der Waals surface area contributed by atoms with Crippen molar-refractivity contribution in [2.75, 3.05) is 0 Å². The maximum atomic E-state index is 13.0. The SMILES string of the molecule is Cc1c(C(=O)C(N)=O)c2c(OCc3ccccn3)cccn2c1Cc1ccccc1-c1ccccc1. The second kappa shape index (κ2) is 9.88. The quantitative estimate of drug-likeness (QED) is 0.248. The molecule has 0 radical (unpaired) electrons. The number of benzene rings is 2. The van der Waals surface area contributed by atoms with E-state index in [9.17, 15) is 9.59 Å². The highest BCUT2D eigenvalue weighted by atomic mass is 16.5. The van der Waals surface area contributed by atoms with Gasteiger partial charge in [0, 0.05) is 24.5 Å². The smallest absolute Gasteiger partial charge is 0.289 e. The lowest BCUT2D eigenvalue weighted by atomic mass is 9.95. The number of carbonyl (C=O) groups excluding carboxylic acids is 2.